The molecule has 0 aliphatic carbocycles. The Morgan fingerprint density at radius 3 is 2.55 bits per heavy atom. The van der Waals surface area contributed by atoms with Crippen LogP contribution in [0.25, 0.3) is 5.57 Å². The van der Waals surface area contributed by atoms with Gasteiger partial charge in [-0.05, 0) is 67.3 Å². The smallest absolute Gasteiger partial charge is 0.416 e. The average molecular weight is 527 g/mol. The summed E-state index contributed by atoms with van der Waals surface area (Å²) in [5.74, 6) is -1.00. The number of pyridine rings is 1. The molecular formula is C29H26F4N2O3. The Balaban J connectivity index is 1.48. The van der Waals surface area contributed by atoms with Crippen molar-refractivity contribution < 1.29 is 31.8 Å². The molecule has 0 N–H and O–H groups in total. The van der Waals surface area contributed by atoms with Gasteiger partial charge in [0.25, 0.3) is 0 Å². The summed E-state index contributed by atoms with van der Waals surface area (Å²) in [4.78, 5) is 14.9. The topological polar surface area (TPSA) is 56.5 Å². The Hall–Kier alpha value is -3.72. The Kier molecular flexibility index (Phi) is 6.73. The van der Waals surface area contributed by atoms with E-state index in [1.165, 1.54) is 30.6 Å². The van der Waals surface area contributed by atoms with E-state index in [2.05, 4.69) is 0 Å². The lowest BCUT2D eigenvalue weighted by atomic mass is 9.84. The molecule has 5 rings (SSSR count). The molecule has 1 amide bonds. The van der Waals surface area contributed by atoms with Crippen LogP contribution in [0.5, 0.6) is 0 Å². The first kappa shape index (κ1) is 25.9. The quantitative estimate of drug-likeness (QED) is 0.243. The Morgan fingerprint density at radius 1 is 1.13 bits per heavy atom. The number of benzene rings is 2. The molecule has 9 heteroatoms. The molecule has 0 bridgehead atoms. The lowest BCUT2D eigenvalue weighted by Gasteiger charge is -2.32. The van der Waals surface area contributed by atoms with Gasteiger partial charge in [-0.25, -0.2) is 4.39 Å². The first-order valence-corrected chi connectivity index (χ1v) is 12.3. The van der Waals surface area contributed by atoms with E-state index in [4.69, 9.17) is 4.74 Å². The highest BCUT2D eigenvalue weighted by Crippen LogP contribution is 2.44. The van der Waals surface area contributed by atoms with Crippen LogP contribution < -0.4 is 4.73 Å². The molecule has 2 aliphatic rings. The van der Waals surface area contributed by atoms with E-state index >= 15 is 0 Å². The second-order valence-electron chi connectivity index (χ2n) is 9.91. The Labute approximate surface area is 217 Å². The lowest BCUT2D eigenvalue weighted by molar-refractivity contribution is -0.605. The van der Waals surface area contributed by atoms with Gasteiger partial charge in [-0.2, -0.15) is 17.9 Å². The van der Waals surface area contributed by atoms with Gasteiger partial charge in [0.2, 0.25) is 5.91 Å². The van der Waals surface area contributed by atoms with Gasteiger partial charge in [-0.15, -0.1) is 0 Å². The number of halogens is 4. The highest BCUT2D eigenvalue weighted by atomic mass is 19.4. The molecule has 0 saturated carbocycles. The number of hydrogen-bond donors (Lipinski definition) is 0. The first-order valence-electron chi connectivity index (χ1n) is 12.3. The maximum atomic E-state index is 13.8. The van der Waals surface area contributed by atoms with Crippen LogP contribution >= 0.6 is 0 Å². The average Bonchev–Trinajstić information content (AvgIpc) is 3.22. The van der Waals surface area contributed by atoms with Crippen molar-refractivity contribution in [3.05, 3.63) is 112 Å². The van der Waals surface area contributed by atoms with Crippen LogP contribution in [0.4, 0.5) is 17.6 Å². The van der Waals surface area contributed by atoms with Crippen molar-refractivity contribution >= 4 is 11.5 Å². The number of rotatable bonds is 5. The van der Waals surface area contributed by atoms with E-state index < -0.39 is 29.8 Å². The van der Waals surface area contributed by atoms with Crippen molar-refractivity contribution in [2.24, 2.45) is 0 Å². The summed E-state index contributed by atoms with van der Waals surface area (Å²) < 4.78 is 61.1. The Morgan fingerprint density at radius 2 is 1.87 bits per heavy atom. The zero-order chi connectivity index (χ0) is 27.2. The molecule has 198 valence electrons. The van der Waals surface area contributed by atoms with Crippen molar-refractivity contribution in [3.63, 3.8) is 0 Å². The minimum Gasteiger partial charge on any atom is -0.619 e. The predicted molar refractivity (Wildman–Crippen MR) is 132 cm³/mol. The van der Waals surface area contributed by atoms with Crippen molar-refractivity contribution in [2.45, 2.75) is 50.6 Å². The van der Waals surface area contributed by atoms with Gasteiger partial charge in [0.15, 0.2) is 12.4 Å². The number of alkyl halides is 3. The predicted octanol–water partition coefficient (Wildman–Crippen LogP) is 5.71. The lowest BCUT2D eigenvalue weighted by Crippen LogP contribution is -2.39. The SMILES string of the molecule is Cc1cc([C@@H](C)O[C@H]2CN3C(=O)C=C(c4ccc[n+]([O-])c4)C[C@H]3[C@@H]2c2ccc(F)cc2)cc(C(F)(F)F)c1. The van der Waals surface area contributed by atoms with Gasteiger partial charge in [0.05, 0.1) is 17.8 Å². The van der Waals surface area contributed by atoms with Gasteiger partial charge in [-0.1, -0.05) is 23.8 Å². The van der Waals surface area contributed by atoms with Crippen molar-refractivity contribution in [1.29, 1.82) is 0 Å². The van der Waals surface area contributed by atoms with Crippen LogP contribution in [-0.4, -0.2) is 29.5 Å². The summed E-state index contributed by atoms with van der Waals surface area (Å²) in [7, 11) is 0. The number of fused-ring (bicyclic) bond motifs is 1. The third kappa shape index (κ3) is 5.15. The summed E-state index contributed by atoms with van der Waals surface area (Å²) in [6, 6.07) is 12.8. The van der Waals surface area contributed by atoms with Crippen LogP contribution in [0.3, 0.4) is 0 Å². The van der Waals surface area contributed by atoms with Crippen LogP contribution in [0.15, 0.2) is 73.1 Å². The van der Waals surface area contributed by atoms with Gasteiger partial charge in [-0.3, -0.25) is 4.79 Å². The summed E-state index contributed by atoms with van der Waals surface area (Å²) in [5.41, 5.74) is 2.20. The zero-order valence-electron chi connectivity index (χ0n) is 20.8. The first-order chi connectivity index (χ1) is 18.0. The van der Waals surface area contributed by atoms with E-state index in [1.54, 1.807) is 49.1 Å². The maximum absolute atomic E-state index is 13.8. The molecule has 0 spiro atoms. The second-order valence-corrected chi connectivity index (χ2v) is 9.91. The molecule has 1 fully saturated rings. The number of nitrogens with zero attached hydrogens (tertiary/aromatic N) is 2. The minimum absolute atomic E-state index is 0.230. The number of aromatic nitrogens is 1. The van der Waals surface area contributed by atoms with Crippen LogP contribution in [-0.2, 0) is 15.7 Å². The molecule has 1 aromatic heterocycles. The Bertz CT molecular complexity index is 1390. The fraction of sp³-hybridized carbons (Fsp3) is 0.310. The van der Waals surface area contributed by atoms with Crippen LogP contribution in [0.2, 0.25) is 0 Å². The number of carbonyl (C=O) groups excluding carboxylic acids is 1. The molecular weight excluding hydrogens is 500 g/mol. The van der Waals surface area contributed by atoms with Gasteiger partial charge in [0, 0.05) is 36.2 Å². The molecule has 0 radical (unpaired) electrons. The van der Waals surface area contributed by atoms with Gasteiger partial charge in [0.1, 0.15) is 5.82 Å². The third-order valence-electron chi connectivity index (χ3n) is 7.28. The summed E-state index contributed by atoms with van der Waals surface area (Å²) in [6.45, 7) is 3.52. The normalized spacial score (nSPS) is 22.3. The fourth-order valence-electron chi connectivity index (χ4n) is 5.54. The fourth-order valence-corrected chi connectivity index (χ4v) is 5.54. The molecule has 0 unspecified atom stereocenters. The molecule has 38 heavy (non-hydrogen) atoms. The standard InChI is InChI=1S/C29H26F4N2O3/c1-17-10-21(12-23(11-17)29(31,32)33)18(2)38-26-16-35-25(28(26)19-5-7-24(30)8-6-19)13-22(14-27(35)36)20-4-3-9-34(37)15-20/h3-12,14-15,18,25-26,28H,13,16H2,1-2H3/t18-,25+,26+,28+/m1/s1. The van der Waals surface area contributed by atoms with Crippen molar-refractivity contribution in [1.82, 2.24) is 4.90 Å². The summed E-state index contributed by atoms with van der Waals surface area (Å²) in [6.07, 6.45) is -1.01. The zero-order valence-corrected chi connectivity index (χ0v) is 20.8. The van der Waals surface area contributed by atoms with Gasteiger partial charge >= 0.3 is 6.18 Å². The molecule has 2 aromatic carbocycles. The molecule has 4 atom stereocenters. The van der Waals surface area contributed by atoms with Crippen molar-refractivity contribution in [2.75, 3.05) is 6.54 Å². The second kappa shape index (κ2) is 9.87. The monoisotopic (exact) mass is 526 g/mol. The maximum Gasteiger partial charge on any atom is 0.416 e. The highest BCUT2D eigenvalue weighted by Gasteiger charge is 2.47. The van der Waals surface area contributed by atoms with Gasteiger partial charge < -0.3 is 14.8 Å². The molecule has 3 aromatic rings. The number of hydrogen-bond acceptors (Lipinski definition) is 3. The molecule has 2 aliphatic heterocycles. The highest BCUT2D eigenvalue weighted by molar-refractivity contribution is 5.97. The van der Waals surface area contributed by atoms with E-state index in [1.807, 2.05) is 0 Å². The van der Waals surface area contributed by atoms with E-state index in [-0.39, 0.29) is 24.4 Å². The minimum atomic E-state index is -4.49. The van der Waals surface area contributed by atoms with Crippen LogP contribution in [0.1, 0.15) is 53.2 Å². The number of aryl methyl sites for hydroxylation is 1. The number of amides is 1. The van der Waals surface area contributed by atoms with E-state index in [0.717, 1.165) is 17.7 Å². The van der Waals surface area contributed by atoms with E-state index in [0.29, 0.717) is 33.4 Å². The van der Waals surface area contributed by atoms with Crippen molar-refractivity contribution in [3.8, 4) is 0 Å². The number of ether oxygens (including phenoxy) is 1. The summed E-state index contributed by atoms with van der Waals surface area (Å²) >= 11 is 0. The molecule has 5 nitrogen and oxygen atoms in total. The summed E-state index contributed by atoms with van der Waals surface area (Å²) in [5, 5.41) is 11.8. The largest absolute Gasteiger partial charge is 0.619 e. The molecule has 3 heterocycles. The van der Waals surface area contributed by atoms with E-state index in [9.17, 15) is 27.6 Å². The molecule has 1 saturated heterocycles. The van der Waals surface area contributed by atoms with Crippen LogP contribution in [0, 0.1) is 17.9 Å². The number of carbonyl (C=O) groups is 1. The third-order valence-corrected chi connectivity index (χ3v) is 7.28.